The molecule has 0 aliphatic heterocycles. The van der Waals surface area contributed by atoms with Gasteiger partial charge in [0.05, 0.1) is 11.0 Å². The van der Waals surface area contributed by atoms with E-state index in [9.17, 15) is 0 Å². The Hall–Kier alpha value is -5.20. The van der Waals surface area contributed by atoms with Gasteiger partial charge in [-0.3, -0.25) is 0 Å². The summed E-state index contributed by atoms with van der Waals surface area (Å²) in [6.45, 7) is 0. The van der Waals surface area contributed by atoms with Gasteiger partial charge in [-0.05, 0) is 144 Å². The quantitative estimate of drug-likeness (QED) is 0.169. The molecule has 8 aliphatic carbocycles. The zero-order valence-electron chi connectivity index (χ0n) is 33.9. The van der Waals surface area contributed by atoms with E-state index in [1.54, 1.807) is 0 Å². The second-order valence-corrected chi connectivity index (χ2v) is 18.9. The number of fused-ring (bicyclic) bond motifs is 6. The number of benzene rings is 8. The van der Waals surface area contributed by atoms with Crippen molar-refractivity contribution in [2.45, 2.75) is 51.4 Å². The van der Waals surface area contributed by atoms with Gasteiger partial charge < -0.3 is 9.55 Å². The average molecular weight is 986 g/mol. The van der Waals surface area contributed by atoms with Crippen molar-refractivity contribution in [3.8, 4) is 5.69 Å². The third kappa shape index (κ3) is 8.41. The number of nitrogens with one attached hydrogen (secondary N) is 1. The lowest BCUT2D eigenvalue weighted by atomic mass is 9.95. The summed E-state index contributed by atoms with van der Waals surface area (Å²) in [6.07, 6.45) is 8.53. The first-order valence-electron chi connectivity index (χ1n) is 21.3. The fourth-order valence-corrected chi connectivity index (χ4v) is 11.0. The minimum absolute atomic E-state index is 1.03. The maximum atomic E-state index is 3.78. The van der Waals surface area contributed by atoms with E-state index in [-0.39, 0.29) is 0 Å². The molecule has 0 radical (unpaired) electrons. The summed E-state index contributed by atoms with van der Waals surface area (Å²) in [5.74, 6) is 0. The molecule has 0 saturated heterocycles. The van der Waals surface area contributed by atoms with Crippen LogP contribution >= 0.6 is 47.8 Å². The van der Waals surface area contributed by atoms with Crippen LogP contribution < -0.4 is 0 Å². The van der Waals surface area contributed by atoms with Crippen LogP contribution in [-0.4, -0.2) is 9.55 Å². The van der Waals surface area contributed by atoms with Crippen LogP contribution in [-0.2, 0) is 51.4 Å². The number of H-pyrrole nitrogens is 1. The molecule has 0 fully saturated rings. The molecule has 0 spiro atoms. The molecule has 0 amide bonds. The number of aromatic nitrogens is 2. The first-order chi connectivity index (χ1) is 29.9. The maximum absolute atomic E-state index is 3.78. The fraction of sp³-hybridized carbons (Fsp3) is 0.143. The van der Waals surface area contributed by atoms with Crippen LogP contribution in [0.3, 0.4) is 0 Å². The van der Waals surface area contributed by atoms with Gasteiger partial charge >= 0.3 is 0 Å². The average Bonchev–Trinajstić information content (AvgIpc) is 3.83. The minimum Gasteiger partial charge on any atom is -0.355 e. The number of rotatable bonds is 1. The maximum Gasteiger partial charge on any atom is 0.0541 e. The topological polar surface area (TPSA) is 20.7 Å². The van der Waals surface area contributed by atoms with Crippen LogP contribution in [0, 0.1) is 0 Å². The van der Waals surface area contributed by atoms with Crippen LogP contribution in [0.2, 0.25) is 0 Å². The monoisotopic (exact) mass is 982 g/mol. The summed E-state index contributed by atoms with van der Waals surface area (Å²) in [4.78, 5) is 3.38. The van der Waals surface area contributed by atoms with Crippen molar-refractivity contribution in [2.75, 3.05) is 0 Å². The third-order valence-corrected chi connectivity index (χ3v) is 14.7. The van der Waals surface area contributed by atoms with Crippen LogP contribution in [0.5, 0.6) is 0 Å². The molecule has 8 bridgehead atoms. The molecule has 18 rings (SSSR count). The molecule has 1 N–H and O–H groups in total. The van der Waals surface area contributed by atoms with Crippen molar-refractivity contribution >= 4 is 91.4 Å². The van der Waals surface area contributed by atoms with Crippen molar-refractivity contribution < 1.29 is 0 Å². The summed E-state index contributed by atoms with van der Waals surface area (Å²) in [5, 5.41) is 5.25. The number of halogens is 3. The van der Waals surface area contributed by atoms with Gasteiger partial charge in [0.2, 0.25) is 0 Å². The molecule has 2 heterocycles. The minimum atomic E-state index is 1.03. The molecule has 2 nitrogen and oxygen atoms in total. The predicted molar refractivity (Wildman–Crippen MR) is 269 cm³/mol. The fourth-order valence-electron chi connectivity index (χ4n) is 9.13. The molecule has 8 aliphatic rings. The SMILES string of the molecule is Brc1cc2ccc1CCc1ccc(c(-n3c4ccccc4c4ccccc43)c1)CC2.Brc1cc2ccc1CCc1ccc(c(Br)c1)CC2.c1ccc2c(c1)[nH]c1ccccc12. The largest absolute Gasteiger partial charge is 0.355 e. The number of hydrogen-bond donors (Lipinski definition) is 1. The number of nitrogens with zero attached hydrogens (tertiary/aromatic N) is 1. The summed E-state index contributed by atoms with van der Waals surface area (Å²) in [7, 11) is 0. The first kappa shape index (κ1) is 39.9. The Kier molecular flexibility index (Phi) is 11.5. The summed E-state index contributed by atoms with van der Waals surface area (Å²) in [5.41, 5.74) is 17.5. The number of aryl methyl sites for hydroxylation is 8. The smallest absolute Gasteiger partial charge is 0.0541 e. The molecular formula is C56H45Br3N2. The van der Waals surface area contributed by atoms with Crippen molar-refractivity contribution in [1.29, 1.82) is 0 Å². The molecule has 10 aromatic rings. The molecule has 0 unspecified atom stereocenters. The van der Waals surface area contributed by atoms with Gasteiger partial charge in [-0.1, -0.05) is 169 Å². The first-order valence-corrected chi connectivity index (χ1v) is 23.7. The van der Waals surface area contributed by atoms with Gasteiger partial charge in [0.1, 0.15) is 0 Å². The lowest BCUT2D eigenvalue weighted by Gasteiger charge is -2.17. The van der Waals surface area contributed by atoms with Gasteiger partial charge in [-0.15, -0.1) is 0 Å². The Morgan fingerprint density at radius 2 is 0.672 bits per heavy atom. The summed E-state index contributed by atoms with van der Waals surface area (Å²) >= 11 is 11.2. The van der Waals surface area contributed by atoms with E-state index in [0.29, 0.717) is 0 Å². The normalized spacial score (nSPS) is 13.3. The van der Waals surface area contributed by atoms with E-state index >= 15 is 0 Å². The molecule has 8 aromatic carbocycles. The molecule has 0 saturated carbocycles. The molecule has 300 valence electrons. The number of hydrogen-bond acceptors (Lipinski definition) is 0. The second-order valence-electron chi connectivity index (χ2n) is 16.3. The highest BCUT2D eigenvalue weighted by Gasteiger charge is 2.16. The molecular weight excluding hydrogens is 940 g/mol. The lowest BCUT2D eigenvalue weighted by molar-refractivity contribution is 0.904. The lowest BCUT2D eigenvalue weighted by Crippen LogP contribution is -2.05. The van der Waals surface area contributed by atoms with E-state index < -0.39 is 0 Å². The molecule has 5 heteroatoms. The highest BCUT2D eigenvalue weighted by atomic mass is 79.9. The van der Waals surface area contributed by atoms with Gasteiger partial charge in [0, 0.05) is 51.7 Å². The number of para-hydroxylation sites is 4. The van der Waals surface area contributed by atoms with Crippen molar-refractivity contribution in [2.24, 2.45) is 0 Å². The Labute approximate surface area is 383 Å². The van der Waals surface area contributed by atoms with Gasteiger partial charge in [0.25, 0.3) is 0 Å². The zero-order chi connectivity index (χ0) is 41.3. The highest BCUT2D eigenvalue weighted by Crippen LogP contribution is 2.35. The standard InChI is InChI=1S/C28H22BrN.C16H14Br2.C12H9N/c29-25-17-19-9-13-21(25)14-10-20-12-16-22(15-11-19)28(18-20)30-26-7-3-1-5-23(26)24-6-2-4-8-27(24)30;17-15-9-11-1-5-13(15)8-4-12-2-6-14(7-3-11)16(18)10-12;1-3-7-11-9(5-1)10-6-2-4-8-12(10)13-11/h1-9,12-13,16-18H,10-11,14-15H2;1-2,5-6,9-10H,3-4,7-8H2;1-8,13H. The van der Waals surface area contributed by atoms with Crippen LogP contribution in [0.4, 0.5) is 0 Å². The van der Waals surface area contributed by atoms with Crippen molar-refractivity contribution in [1.82, 2.24) is 9.55 Å². The van der Waals surface area contributed by atoms with Crippen LogP contribution in [0.25, 0.3) is 49.3 Å². The summed E-state index contributed by atoms with van der Waals surface area (Å²) < 4.78 is 6.24. The van der Waals surface area contributed by atoms with Crippen LogP contribution in [0.15, 0.2) is 183 Å². The van der Waals surface area contributed by atoms with Gasteiger partial charge in [-0.2, -0.15) is 0 Å². The van der Waals surface area contributed by atoms with Gasteiger partial charge in [0.15, 0.2) is 0 Å². The predicted octanol–water partition coefficient (Wildman–Crippen LogP) is 15.8. The molecule has 0 atom stereocenters. The second kappa shape index (κ2) is 17.6. The van der Waals surface area contributed by atoms with E-state index in [1.165, 1.54) is 107 Å². The summed E-state index contributed by atoms with van der Waals surface area (Å²) in [6, 6.07) is 62.0. The van der Waals surface area contributed by atoms with E-state index in [4.69, 9.17) is 0 Å². The van der Waals surface area contributed by atoms with E-state index in [1.807, 2.05) is 0 Å². The Bertz CT molecular complexity index is 3050. The molecule has 2 aromatic heterocycles. The van der Waals surface area contributed by atoms with E-state index in [2.05, 4.69) is 227 Å². The Morgan fingerprint density at radius 1 is 0.328 bits per heavy atom. The molecule has 61 heavy (non-hydrogen) atoms. The van der Waals surface area contributed by atoms with Gasteiger partial charge in [-0.25, -0.2) is 0 Å². The zero-order valence-corrected chi connectivity index (χ0v) is 38.7. The Morgan fingerprint density at radius 3 is 1.10 bits per heavy atom. The highest BCUT2D eigenvalue weighted by molar-refractivity contribution is 9.11. The van der Waals surface area contributed by atoms with Crippen LogP contribution in [0.1, 0.15) is 44.5 Å². The third-order valence-electron chi connectivity index (χ3n) is 12.5. The Balaban J connectivity index is 0.000000121. The van der Waals surface area contributed by atoms with Crippen molar-refractivity contribution in [3.05, 3.63) is 228 Å². The van der Waals surface area contributed by atoms with Crippen molar-refractivity contribution in [3.63, 3.8) is 0 Å². The number of aromatic amines is 1. The van der Waals surface area contributed by atoms with E-state index in [0.717, 1.165) is 51.4 Å².